The molecule has 126 valence electrons. The van der Waals surface area contributed by atoms with E-state index >= 15 is 0 Å². The topological polar surface area (TPSA) is 52.6 Å². The molecule has 4 nitrogen and oxygen atoms in total. The average molecular weight is 327 g/mol. The third-order valence-electron chi connectivity index (χ3n) is 4.61. The molecule has 1 rings (SSSR count). The van der Waals surface area contributed by atoms with Crippen LogP contribution in [0.3, 0.4) is 0 Å². The summed E-state index contributed by atoms with van der Waals surface area (Å²) in [4.78, 5) is 24.1. The summed E-state index contributed by atoms with van der Waals surface area (Å²) in [6, 6.07) is 0. The van der Waals surface area contributed by atoms with E-state index in [1.54, 1.807) is 6.92 Å². The van der Waals surface area contributed by atoms with Gasteiger partial charge >= 0.3 is 5.97 Å². The molecule has 0 bridgehead atoms. The Bertz CT molecular complexity index is 460. The van der Waals surface area contributed by atoms with Crippen LogP contribution in [0.5, 0.6) is 0 Å². The van der Waals surface area contributed by atoms with Crippen LogP contribution in [0, 0.1) is 5.92 Å². The molecule has 1 aliphatic rings. The lowest BCUT2D eigenvalue weighted by atomic mass is 10.0. The highest BCUT2D eigenvalue weighted by molar-refractivity contribution is 6.74. The number of ketones is 1. The molecule has 5 heteroatoms. The molecule has 0 aromatic carbocycles. The summed E-state index contributed by atoms with van der Waals surface area (Å²) in [5.41, 5.74) is 0.712. The minimum absolute atomic E-state index is 0.0166. The molecule has 1 unspecified atom stereocenters. The highest BCUT2D eigenvalue weighted by Gasteiger charge is 2.40. The van der Waals surface area contributed by atoms with E-state index in [9.17, 15) is 9.59 Å². The number of hydrogen-bond donors (Lipinski definition) is 0. The first-order valence-corrected chi connectivity index (χ1v) is 11.0. The van der Waals surface area contributed by atoms with Crippen LogP contribution in [-0.4, -0.2) is 32.8 Å². The first kappa shape index (κ1) is 19.1. The maximum absolute atomic E-state index is 12.3. The van der Waals surface area contributed by atoms with Crippen LogP contribution < -0.4 is 0 Å². The van der Waals surface area contributed by atoms with Gasteiger partial charge in [-0.25, -0.2) is 0 Å². The van der Waals surface area contributed by atoms with Crippen molar-refractivity contribution in [1.82, 2.24) is 0 Å². The first-order valence-electron chi connectivity index (χ1n) is 8.07. The van der Waals surface area contributed by atoms with Crippen LogP contribution in [0.15, 0.2) is 11.6 Å². The molecule has 0 saturated heterocycles. The summed E-state index contributed by atoms with van der Waals surface area (Å²) in [6.45, 7) is 15.1. The zero-order valence-corrected chi connectivity index (χ0v) is 16.0. The van der Waals surface area contributed by atoms with Gasteiger partial charge in [0, 0.05) is 12.5 Å². The Morgan fingerprint density at radius 1 is 1.41 bits per heavy atom. The number of rotatable bonds is 6. The molecule has 0 radical (unpaired) electrons. The fourth-order valence-corrected chi connectivity index (χ4v) is 3.80. The number of Topliss-reactive ketones (excluding diaryl/α,β-unsaturated/α-hetero) is 1. The maximum atomic E-state index is 12.3. The van der Waals surface area contributed by atoms with Crippen LogP contribution in [0.4, 0.5) is 0 Å². The van der Waals surface area contributed by atoms with Gasteiger partial charge in [-0.1, -0.05) is 26.8 Å². The second kappa shape index (κ2) is 7.09. The highest BCUT2D eigenvalue weighted by Crippen LogP contribution is 2.38. The van der Waals surface area contributed by atoms with Crippen LogP contribution in [-0.2, 0) is 18.8 Å². The van der Waals surface area contributed by atoms with Gasteiger partial charge in [0.15, 0.2) is 14.1 Å². The lowest BCUT2D eigenvalue weighted by Crippen LogP contribution is -2.43. The van der Waals surface area contributed by atoms with E-state index in [1.807, 2.05) is 13.0 Å². The van der Waals surface area contributed by atoms with E-state index in [0.717, 1.165) is 0 Å². The number of carbonyl (C=O) groups excluding carboxylic acids is 2. The lowest BCUT2D eigenvalue weighted by Gasteiger charge is -2.38. The van der Waals surface area contributed by atoms with Crippen LogP contribution in [0.1, 0.15) is 47.5 Å². The van der Waals surface area contributed by atoms with Crippen molar-refractivity contribution in [3.63, 3.8) is 0 Å². The molecular weight excluding hydrogens is 296 g/mol. The summed E-state index contributed by atoms with van der Waals surface area (Å²) < 4.78 is 11.2. The molecule has 1 aliphatic carbocycles. The SMILES string of the molecule is CCOC(=O)C1CC=C(C[C@H](C)O[Si](C)(C)C(C)(C)C)C1=O. The largest absolute Gasteiger partial charge is 0.465 e. The van der Waals surface area contributed by atoms with Gasteiger partial charge in [0.05, 0.1) is 6.61 Å². The Hall–Kier alpha value is -0.943. The molecule has 0 aromatic rings. The Morgan fingerprint density at radius 2 is 2.00 bits per heavy atom. The average Bonchev–Trinajstić information content (AvgIpc) is 2.69. The van der Waals surface area contributed by atoms with Gasteiger partial charge in [-0.3, -0.25) is 9.59 Å². The highest BCUT2D eigenvalue weighted by atomic mass is 28.4. The quantitative estimate of drug-likeness (QED) is 0.422. The summed E-state index contributed by atoms with van der Waals surface area (Å²) >= 11 is 0. The standard InChI is InChI=1S/C17H30O4Si/c1-8-20-16(19)14-10-9-13(15(14)18)11-12(2)21-22(6,7)17(3,4)5/h9,12,14H,8,10-11H2,1-7H3/t12-,14?/m0/s1. The van der Waals surface area contributed by atoms with E-state index in [-0.39, 0.29) is 16.9 Å². The number of esters is 1. The molecule has 0 aliphatic heterocycles. The third-order valence-corrected chi connectivity index (χ3v) is 9.22. The van der Waals surface area contributed by atoms with Crippen molar-refractivity contribution in [2.75, 3.05) is 6.61 Å². The first-order chi connectivity index (χ1) is 9.99. The summed E-state index contributed by atoms with van der Waals surface area (Å²) in [7, 11) is -1.84. The molecule has 0 aromatic heterocycles. The minimum atomic E-state index is -1.84. The fourth-order valence-electron chi connectivity index (χ4n) is 2.35. The molecule has 0 fully saturated rings. The van der Waals surface area contributed by atoms with Crippen molar-refractivity contribution in [3.05, 3.63) is 11.6 Å². The minimum Gasteiger partial charge on any atom is -0.465 e. The number of carbonyl (C=O) groups is 2. The van der Waals surface area contributed by atoms with Crippen LogP contribution in [0.2, 0.25) is 18.1 Å². The maximum Gasteiger partial charge on any atom is 0.317 e. The third kappa shape index (κ3) is 4.52. The number of ether oxygens (including phenoxy) is 1. The molecule has 0 amide bonds. The second-order valence-corrected chi connectivity index (χ2v) is 12.3. The summed E-state index contributed by atoms with van der Waals surface area (Å²) in [5, 5.41) is 0.142. The zero-order chi connectivity index (χ0) is 17.1. The summed E-state index contributed by atoms with van der Waals surface area (Å²) in [5.74, 6) is -1.14. The Labute approximate surface area is 135 Å². The molecule has 0 N–H and O–H groups in total. The molecule has 0 spiro atoms. The van der Waals surface area contributed by atoms with Crippen LogP contribution in [0.25, 0.3) is 0 Å². The van der Waals surface area contributed by atoms with Gasteiger partial charge in [-0.15, -0.1) is 0 Å². The van der Waals surface area contributed by atoms with E-state index in [2.05, 4.69) is 33.9 Å². The molecule has 22 heavy (non-hydrogen) atoms. The van der Waals surface area contributed by atoms with Gasteiger partial charge in [-0.2, -0.15) is 0 Å². The van der Waals surface area contributed by atoms with Crippen molar-refractivity contribution >= 4 is 20.1 Å². The number of hydrogen-bond acceptors (Lipinski definition) is 4. The van der Waals surface area contributed by atoms with Gasteiger partial charge < -0.3 is 9.16 Å². The van der Waals surface area contributed by atoms with Gasteiger partial charge in [-0.05, 0) is 44.0 Å². The predicted octanol–water partition coefficient (Wildman–Crippen LogP) is 3.87. The monoisotopic (exact) mass is 326 g/mol. The molecule has 0 heterocycles. The zero-order valence-electron chi connectivity index (χ0n) is 15.0. The predicted molar refractivity (Wildman–Crippen MR) is 90.2 cm³/mol. The van der Waals surface area contributed by atoms with Crippen molar-refractivity contribution in [2.45, 2.75) is 71.7 Å². The Kier molecular flexibility index (Phi) is 6.16. The van der Waals surface area contributed by atoms with Crippen molar-refractivity contribution in [1.29, 1.82) is 0 Å². The van der Waals surface area contributed by atoms with Gasteiger partial charge in [0.1, 0.15) is 5.92 Å². The van der Waals surface area contributed by atoms with E-state index in [1.165, 1.54) is 0 Å². The van der Waals surface area contributed by atoms with E-state index in [4.69, 9.17) is 9.16 Å². The fraction of sp³-hybridized carbons (Fsp3) is 0.765. The Morgan fingerprint density at radius 3 is 2.50 bits per heavy atom. The van der Waals surface area contributed by atoms with Crippen molar-refractivity contribution in [3.8, 4) is 0 Å². The van der Waals surface area contributed by atoms with Gasteiger partial charge in [0.25, 0.3) is 0 Å². The lowest BCUT2D eigenvalue weighted by molar-refractivity contribution is -0.150. The van der Waals surface area contributed by atoms with E-state index < -0.39 is 20.2 Å². The second-order valence-electron chi connectivity index (χ2n) is 7.53. The van der Waals surface area contributed by atoms with Gasteiger partial charge in [0.2, 0.25) is 0 Å². The molecular formula is C17H30O4Si. The van der Waals surface area contributed by atoms with E-state index in [0.29, 0.717) is 25.0 Å². The normalized spacial score (nSPS) is 20.8. The molecule has 2 atom stereocenters. The number of allylic oxidation sites excluding steroid dienone is 1. The van der Waals surface area contributed by atoms with Crippen molar-refractivity contribution in [2.24, 2.45) is 5.92 Å². The van der Waals surface area contributed by atoms with Crippen molar-refractivity contribution < 1.29 is 18.8 Å². The molecule has 0 saturated carbocycles. The Balaban J connectivity index is 2.62. The van der Waals surface area contributed by atoms with Crippen LogP contribution >= 0.6 is 0 Å². The smallest absolute Gasteiger partial charge is 0.317 e. The summed E-state index contributed by atoms with van der Waals surface area (Å²) in [6.07, 6.45) is 2.88.